The van der Waals surface area contributed by atoms with Crippen LogP contribution in [0.5, 0.6) is 0 Å². The van der Waals surface area contributed by atoms with Crippen LogP contribution in [-0.4, -0.2) is 27.8 Å². The van der Waals surface area contributed by atoms with Crippen molar-refractivity contribution in [2.24, 2.45) is 0 Å². The van der Waals surface area contributed by atoms with Gasteiger partial charge in [0, 0.05) is 17.7 Å². The van der Waals surface area contributed by atoms with Gasteiger partial charge in [0.05, 0.1) is 17.0 Å². The molecule has 1 heterocycles. The highest BCUT2D eigenvalue weighted by molar-refractivity contribution is 5.99. The van der Waals surface area contributed by atoms with Crippen molar-refractivity contribution in [2.45, 2.75) is 87.0 Å². The standard InChI is InChI=1S/C18H18N2O2.C4H10O.2C4H10/c1-4-6-16-14(5-2)15(18(21)20-22)11-17(19-16)13-9-7-12(3)8-10-13;1-2-3-4-5;2*1-3-4-2/h4-11,22H,2H2,1,3H3,(H,20,21);5H,2-4H2,1H3;2*3-4H2,1-2H3/b6-4-;;;. The lowest BCUT2D eigenvalue weighted by molar-refractivity contribution is 0.0706. The van der Waals surface area contributed by atoms with Crippen LogP contribution in [0.2, 0.25) is 0 Å². The Bertz CT molecular complexity index is 833. The maximum atomic E-state index is 11.9. The third kappa shape index (κ3) is 15.0. The number of amides is 1. The molecule has 0 bridgehead atoms. The number of rotatable bonds is 8. The second kappa shape index (κ2) is 23.0. The first-order valence-electron chi connectivity index (χ1n) is 12.8. The number of hydrogen-bond donors (Lipinski definition) is 3. The number of nitrogens with zero attached hydrogens (tertiary/aromatic N) is 1. The molecule has 1 amide bonds. The Morgan fingerprint density at radius 1 is 1.00 bits per heavy atom. The highest BCUT2D eigenvalue weighted by atomic mass is 16.5. The fraction of sp³-hybridized carbons (Fsp3) is 0.467. The molecule has 3 N–H and O–H groups in total. The van der Waals surface area contributed by atoms with Crippen LogP contribution in [0.1, 0.15) is 107 Å². The SMILES string of the molecule is C=Cc1c(C(=O)NO)cc(-c2ccc(C)cc2)nc1/C=C\C.CCCC.CCCC.CCCCO. The number of benzene rings is 1. The van der Waals surface area contributed by atoms with Crippen LogP contribution in [0.15, 0.2) is 43.0 Å². The van der Waals surface area contributed by atoms with E-state index in [2.05, 4.69) is 46.2 Å². The van der Waals surface area contributed by atoms with Crippen molar-refractivity contribution in [1.29, 1.82) is 0 Å². The first-order valence-corrected chi connectivity index (χ1v) is 12.8. The number of carbonyl (C=O) groups is 1. The number of aliphatic hydroxyl groups excluding tert-OH is 1. The highest BCUT2D eigenvalue weighted by Crippen LogP contribution is 2.25. The van der Waals surface area contributed by atoms with Gasteiger partial charge < -0.3 is 5.11 Å². The minimum absolute atomic E-state index is 0.330. The fourth-order valence-corrected chi connectivity index (χ4v) is 2.35. The third-order valence-corrected chi connectivity index (χ3v) is 4.82. The lowest BCUT2D eigenvalue weighted by atomic mass is 10.0. The molecule has 5 nitrogen and oxygen atoms in total. The lowest BCUT2D eigenvalue weighted by Crippen LogP contribution is -2.20. The largest absolute Gasteiger partial charge is 0.396 e. The summed E-state index contributed by atoms with van der Waals surface area (Å²) in [5.74, 6) is -0.587. The average Bonchev–Trinajstić information content (AvgIpc) is 2.89. The van der Waals surface area contributed by atoms with Crippen LogP contribution in [0.4, 0.5) is 0 Å². The van der Waals surface area contributed by atoms with Gasteiger partial charge in [-0.1, -0.05) is 115 Å². The number of allylic oxidation sites excluding steroid dienone is 1. The summed E-state index contributed by atoms with van der Waals surface area (Å²) >= 11 is 0. The second-order valence-electron chi connectivity index (χ2n) is 7.94. The van der Waals surface area contributed by atoms with Crippen molar-refractivity contribution in [3.8, 4) is 11.3 Å². The predicted molar refractivity (Wildman–Crippen MR) is 152 cm³/mol. The summed E-state index contributed by atoms with van der Waals surface area (Å²) in [6.07, 6.45) is 12.5. The van der Waals surface area contributed by atoms with Crippen molar-refractivity contribution in [2.75, 3.05) is 6.61 Å². The molecule has 196 valence electrons. The van der Waals surface area contributed by atoms with Crippen LogP contribution < -0.4 is 5.48 Å². The molecule has 0 saturated heterocycles. The molecular weight excluding hydrogens is 436 g/mol. The summed E-state index contributed by atoms with van der Waals surface area (Å²) in [7, 11) is 0. The van der Waals surface area contributed by atoms with E-state index in [9.17, 15) is 4.79 Å². The van der Waals surface area contributed by atoms with Gasteiger partial charge in [0.1, 0.15) is 0 Å². The number of aromatic nitrogens is 1. The smallest absolute Gasteiger partial charge is 0.275 e. The molecule has 0 aliphatic rings. The Morgan fingerprint density at radius 3 is 1.89 bits per heavy atom. The van der Waals surface area contributed by atoms with E-state index in [4.69, 9.17) is 10.3 Å². The number of unbranched alkanes of at least 4 members (excludes halogenated alkanes) is 3. The van der Waals surface area contributed by atoms with Crippen LogP contribution in [0, 0.1) is 6.92 Å². The second-order valence-corrected chi connectivity index (χ2v) is 7.94. The first-order chi connectivity index (χ1) is 16.8. The van der Waals surface area contributed by atoms with E-state index in [1.807, 2.05) is 50.3 Å². The summed E-state index contributed by atoms with van der Waals surface area (Å²) in [5.41, 5.74) is 5.93. The van der Waals surface area contributed by atoms with Gasteiger partial charge in [0.15, 0.2) is 0 Å². The first kappa shape index (κ1) is 34.4. The molecule has 0 unspecified atom stereocenters. The zero-order valence-corrected chi connectivity index (χ0v) is 23.0. The maximum absolute atomic E-state index is 11.9. The zero-order valence-electron chi connectivity index (χ0n) is 23.0. The molecule has 5 heteroatoms. The number of carbonyl (C=O) groups excluding carboxylic acids is 1. The normalized spacial score (nSPS) is 9.63. The molecule has 1 aromatic carbocycles. The predicted octanol–water partition coefficient (Wildman–Crippen LogP) is 8.24. The third-order valence-electron chi connectivity index (χ3n) is 4.82. The van der Waals surface area contributed by atoms with E-state index in [0.29, 0.717) is 29.1 Å². The average molecular weight is 485 g/mol. The molecule has 0 atom stereocenters. The molecule has 0 aliphatic carbocycles. The lowest BCUT2D eigenvalue weighted by Gasteiger charge is -2.11. The Labute approximate surface area is 214 Å². The number of aryl methyl sites for hydroxylation is 1. The van der Waals surface area contributed by atoms with E-state index in [0.717, 1.165) is 24.0 Å². The van der Waals surface area contributed by atoms with Gasteiger partial charge in [-0.3, -0.25) is 10.0 Å². The van der Waals surface area contributed by atoms with E-state index in [-0.39, 0.29) is 0 Å². The molecule has 0 saturated carbocycles. The Hall–Kier alpha value is -2.76. The van der Waals surface area contributed by atoms with Gasteiger partial charge in [0.2, 0.25) is 0 Å². The summed E-state index contributed by atoms with van der Waals surface area (Å²) < 4.78 is 0. The number of hydrogen-bond acceptors (Lipinski definition) is 4. The van der Waals surface area contributed by atoms with Crippen molar-refractivity contribution in [1.82, 2.24) is 10.5 Å². The molecular formula is C30H48N2O3. The number of aliphatic hydroxyl groups is 1. The molecule has 0 aliphatic heterocycles. The van der Waals surface area contributed by atoms with Crippen LogP contribution >= 0.6 is 0 Å². The molecule has 35 heavy (non-hydrogen) atoms. The number of pyridine rings is 1. The quantitative estimate of drug-likeness (QED) is 0.260. The molecule has 0 radical (unpaired) electrons. The minimum atomic E-state index is -0.587. The maximum Gasteiger partial charge on any atom is 0.275 e. The zero-order chi connectivity index (χ0) is 27.1. The van der Waals surface area contributed by atoms with Crippen molar-refractivity contribution >= 4 is 18.1 Å². The Balaban J connectivity index is 0. The van der Waals surface area contributed by atoms with Gasteiger partial charge in [-0.25, -0.2) is 10.5 Å². The van der Waals surface area contributed by atoms with E-state index >= 15 is 0 Å². The van der Waals surface area contributed by atoms with Gasteiger partial charge in [-0.2, -0.15) is 0 Å². The van der Waals surface area contributed by atoms with Gasteiger partial charge >= 0.3 is 0 Å². The molecule has 2 rings (SSSR count). The van der Waals surface area contributed by atoms with Crippen molar-refractivity contribution in [3.05, 3.63) is 65.4 Å². The van der Waals surface area contributed by atoms with Crippen LogP contribution in [0.25, 0.3) is 23.4 Å². The van der Waals surface area contributed by atoms with E-state index in [1.165, 1.54) is 25.7 Å². The fourth-order valence-electron chi connectivity index (χ4n) is 2.35. The van der Waals surface area contributed by atoms with Crippen LogP contribution in [-0.2, 0) is 0 Å². The Kier molecular flexibility index (Phi) is 22.6. The van der Waals surface area contributed by atoms with E-state index < -0.39 is 5.91 Å². The Morgan fingerprint density at radius 2 is 1.54 bits per heavy atom. The monoisotopic (exact) mass is 484 g/mol. The molecule has 0 spiro atoms. The van der Waals surface area contributed by atoms with Crippen LogP contribution in [0.3, 0.4) is 0 Å². The van der Waals surface area contributed by atoms with Gasteiger partial charge in [-0.15, -0.1) is 0 Å². The van der Waals surface area contributed by atoms with Crippen molar-refractivity contribution < 1.29 is 15.1 Å². The molecule has 0 fully saturated rings. The number of nitrogens with one attached hydrogen (secondary N) is 1. The van der Waals surface area contributed by atoms with Crippen molar-refractivity contribution in [3.63, 3.8) is 0 Å². The molecule has 1 aromatic heterocycles. The topological polar surface area (TPSA) is 82.5 Å². The summed E-state index contributed by atoms with van der Waals surface area (Å²) in [6, 6.07) is 9.52. The summed E-state index contributed by atoms with van der Waals surface area (Å²) in [6.45, 7) is 18.7. The molecule has 2 aromatic rings. The highest BCUT2D eigenvalue weighted by Gasteiger charge is 2.15. The van der Waals surface area contributed by atoms with Gasteiger partial charge in [-0.05, 0) is 32.4 Å². The number of hydroxylamine groups is 1. The summed E-state index contributed by atoms with van der Waals surface area (Å²) in [4.78, 5) is 16.5. The summed E-state index contributed by atoms with van der Waals surface area (Å²) in [5, 5.41) is 17.0. The van der Waals surface area contributed by atoms with E-state index in [1.54, 1.807) is 17.6 Å². The van der Waals surface area contributed by atoms with Gasteiger partial charge in [0.25, 0.3) is 5.91 Å². The minimum Gasteiger partial charge on any atom is -0.396 e.